The van der Waals surface area contributed by atoms with Crippen molar-refractivity contribution in [3.8, 4) is 0 Å². The molecule has 4 N–H and O–H groups in total. The van der Waals surface area contributed by atoms with Gasteiger partial charge in [-0.05, 0) is 62.9 Å². The third kappa shape index (κ3) is 6.85. The molecule has 0 aromatic carbocycles. The molecule has 0 aliphatic heterocycles. The van der Waals surface area contributed by atoms with E-state index >= 15 is 0 Å². The summed E-state index contributed by atoms with van der Waals surface area (Å²) < 4.78 is 0. The first-order valence-electron chi connectivity index (χ1n) is 9.32. The molecule has 0 aliphatic rings. The largest absolute Gasteiger partial charge is 0.411 e. The molecule has 0 fully saturated rings. The van der Waals surface area contributed by atoms with Crippen LogP contribution in [0.2, 0.25) is 0 Å². The van der Waals surface area contributed by atoms with Gasteiger partial charge in [0.05, 0.1) is 5.56 Å². The Morgan fingerprint density at radius 3 is 2.61 bits per heavy atom. The highest BCUT2D eigenvalue weighted by molar-refractivity contribution is 5.68. The molecule has 0 saturated heterocycles. The molecule has 5 nitrogen and oxygen atoms in total. The van der Waals surface area contributed by atoms with Crippen LogP contribution in [0.25, 0.3) is 5.76 Å². The number of nitrogen functional groups attached to an aromatic ring is 1. The van der Waals surface area contributed by atoms with Crippen LogP contribution in [-0.4, -0.2) is 9.97 Å². The maximum Gasteiger partial charge on any atom is 0.153 e. The summed E-state index contributed by atoms with van der Waals surface area (Å²) in [7, 11) is 0. The molecule has 2 aromatic heterocycles. The van der Waals surface area contributed by atoms with Gasteiger partial charge in [-0.25, -0.2) is 4.98 Å². The van der Waals surface area contributed by atoms with Gasteiger partial charge in [-0.2, -0.15) is 5.90 Å². The van der Waals surface area contributed by atoms with E-state index in [9.17, 15) is 0 Å². The van der Waals surface area contributed by atoms with E-state index < -0.39 is 0 Å². The molecule has 0 atom stereocenters. The molecule has 28 heavy (non-hydrogen) atoms. The van der Waals surface area contributed by atoms with Crippen molar-refractivity contribution >= 4 is 11.6 Å². The van der Waals surface area contributed by atoms with E-state index in [0.717, 1.165) is 37.0 Å². The number of rotatable bonds is 10. The maximum atomic E-state index is 5.87. The minimum Gasteiger partial charge on any atom is -0.411 e. The number of nitrogens with two attached hydrogens (primary N) is 2. The molecular weight excluding hydrogens is 348 g/mol. The molecule has 0 aliphatic carbocycles. The van der Waals surface area contributed by atoms with Crippen molar-refractivity contribution in [2.45, 2.75) is 32.6 Å². The SMILES string of the molecule is C=C(C=CC(=CC)CCc1ccccn1)CCC=C(ON)c1cccnc1N. The third-order valence-corrected chi connectivity index (χ3v) is 4.33. The van der Waals surface area contributed by atoms with Crippen molar-refractivity contribution in [1.82, 2.24) is 9.97 Å². The first-order chi connectivity index (χ1) is 13.6. The van der Waals surface area contributed by atoms with E-state index in [2.05, 4.69) is 34.8 Å². The Labute approximate surface area is 167 Å². The normalized spacial score (nSPS) is 12.4. The molecule has 0 saturated carbocycles. The van der Waals surface area contributed by atoms with E-state index in [1.807, 2.05) is 43.5 Å². The Balaban J connectivity index is 1.85. The molecule has 0 bridgehead atoms. The molecule has 0 spiro atoms. The van der Waals surface area contributed by atoms with Crippen LogP contribution in [0.4, 0.5) is 5.82 Å². The Bertz CT molecular complexity index is 854. The van der Waals surface area contributed by atoms with Crippen LogP contribution in [-0.2, 0) is 11.3 Å². The monoisotopic (exact) mass is 376 g/mol. The minimum absolute atomic E-state index is 0.392. The van der Waals surface area contributed by atoms with Crippen LogP contribution in [0.15, 0.2) is 84.8 Å². The van der Waals surface area contributed by atoms with E-state index in [1.165, 1.54) is 5.57 Å². The maximum absolute atomic E-state index is 5.87. The van der Waals surface area contributed by atoms with Crippen molar-refractivity contribution in [1.29, 1.82) is 0 Å². The molecule has 146 valence electrons. The molecule has 0 amide bonds. The predicted molar refractivity (Wildman–Crippen MR) is 116 cm³/mol. The number of nitrogens with zero attached hydrogens (tertiary/aromatic N) is 2. The minimum atomic E-state index is 0.392. The van der Waals surface area contributed by atoms with Crippen LogP contribution in [0.1, 0.15) is 37.4 Å². The Kier molecular flexibility index (Phi) is 8.69. The van der Waals surface area contributed by atoms with Gasteiger partial charge in [-0.1, -0.05) is 42.0 Å². The summed E-state index contributed by atoms with van der Waals surface area (Å²) in [4.78, 5) is 13.4. The van der Waals surface area contributed by atoms with E-state index in [1.54, 1.807) is 12.3 Å². The number of hydrogen-bond acceptors (Lipinski definition) is 5. The number of aryl methyl sites for hydroxylation is 1. The average molecular weight is 377 g/mol. The molecular formula is C23H28N4O. The number of aromatic nitrogens is 2. The van der Waals surface area contributed by atoms with Gasteiger partial charge in [0.1, 0.15) is 5.82 Å². The van der Waals surface area contributed by atoms with Crippen LogP contribution in [0.3, 0.4) is 0 Å². The van der Waals surface area contributed by atoms with Gasteiger partial charge in [0, 0.05) is 18.1 Å². The number of pyridine rings is 2. The van der Waals surface area contributed by atoms with Crippen molar-refractivity contribution in [2.24, 2.45) is 5.90 Å². The molecule has 0 unspecified atom stereocenters. The van der Waals surface area contributed by atoms with Crippen LogP contribution >= 0.6 is 0 Å². The van der Waals surface area contributed by atoms with Gasteiger partial charge in [-0.3, -0.25) is 4.98 Å². The fourth-order valence-electron chi connectivity index (χ4n) is 2.69. The zero-order chi connectivity index (χ0) is 20.2. The van der Waals surface area contributed by atoms with Gasteiger partial charge >= 0.3 is 0 Å². The second kappa shape index (κ2) is 11.5. The summed E-state index contributed by atoms with van der Waals surface area (Å²) in [6.07, 6.45) is 15.1. The lowest BCUT2D eigenvalue weighted by molar-refractivity contribution is 0.290. The average Bonchev–Trinajstić information content (AvgIpc) is 2.73. The summed E-state index contributed by atoms with van der Waals surface area (Å²) in [5.74, 6) is 6.30. The van der Waals surface area contributed by atoms with E-state index in [-0.39, 0.29) is 0 Å². The summed E-state index contributed by atoms with van der Waals surface area (Å²) >= 11 is 0. The van der Waals surface area contributed by atoms with Crippen molar-refractivity contribution in [3.05, 3.63) is 96.0 Å². The fraction of sp³-hybridized carbons (Fsp3) is 0.217. The zero-order valence-electron chi connectivity index (χ0n) is 16.3. The molecule has 2 rings (SSSR count). The lowest BCUT2D eigenvalue weighted by Crippen LogP contribution is -2.03. The smallest absolute Gasteiger partial charge is 0.153 e. The molecule has 5 heteroatoms. The number of allylic oxidation sites excluding steroid dienone is 6. The highest BCUT2D eigenvalue weighted by Crippen LogP contribution is 2.21. The molecule has 2 aromatic rings. The highest BCUT2D eigenvalue weighted by atomic mass is 16.6. The summed E-state index contributed by atoms with van der Waals surface area (Å²) in [5, 5.41) is 0. The Hall–Kier alpha value is -3.18. The standard InChI is InChI=1S/C23H28N4O/c1-3-19(14-15-20-9-4-5-16-26-20)13-12-18(2)8-6-11-22(28-25)21-10-7-17-27-23(21)24/h3-5,7,9-13,16-17H,2,6,8,14-15,25H2,1H3,(H2,24,27). The third-order valence-electron chi connectivity index (χ3n) is 4.33. The van der Waals surface area contributed by atoms with Crippen molar-refractivity contribution in [2.75, 3.05) is 5.73 Å². The molecule has 2 heterocycles. The topological polar surface area (TPSA) is 87.0 Å². The van der Waals surface area contributed by atoms with Crippen LogP contribution < -0.4 is 11.6 Å². The van der Waals surface area contributed by atoms with Crippen LogP contribution in [0.5, 0.6) is 0 Å². The van der Waals surface area contributed by atoms with Gasteiger partial charge in [0.15, 0.2) is 5.76 Å². The van der Waals surface area contributed by atoms with Gasteiger partial charge in [-0.15, -0.1) is 0 Å². The lowest BCUT2D eigenvalue weighted by Gasteiger charge is -2.07. The first kappa shape index (κ1) is 21.1. The quantitative estimate of drug-likeness (QED) is 0.354. The van der Waals surface area contributed by atoms with E-state index in [4.69, 9.17) is 16.5 Å². The summed E-state index contributed by atoms with van der Waals surface area (Å²) in [6, 6.07) is 9.62. The van der Waals surface area contributed by atoms with Gasteiger partial charge in [0.2, 0.25) is 0 Å². The first-order valence-corrected chi connectivity index (χ1v) is 9.32. The lowest BCUT2D eigenvalue weighted by atomic mass is 10.0. The second-order valence-corrected chi connectivity index (χ2v) is 6.34. The van der Waals surface area contributed by atoms with Crippen molar-refractivity contribution < 1.29 is 4.84 Å². The summed E-state index contributed by atoms with van der Waals surface area (Å²) in [5.41, 5.74) is 9.95. The predicted octanol–water partition coefficient (Wildman–Crippen LogP) is 4.76. The number of anilines is 1. The Morgan fingerprint density at radius 2 is 1.93 bits per heavy atom. The second-order valence-electron chi connectivity index (χ2n) is 6.34. The van der Waals surface area contributed by atoms with Gasteiger partial charge < -0.3 is 10.6 Å². The summed E-state index contributed by atoms with van der Waals surface area (Å²) in [6.45, 7) is 6.18. The number of hydrogen-bond donors (Lipinski definition) is 2. The molecule has 0 radical (unpaired) electrons. The Morgan fingerprint density at radius 1 is 1.11 bits per heavy atom. The van der Waals surface area contributed by atoms with E-state index in [0.29, 0.717) is 17.1 Å². The zero-order valence-corrected chi connectivity index (χ0v) is 16.3. The van der Waals surface area contributed by atoms with Crippen LogP contribution in [0, 0.1) is 0 Å². The van der Waals surface area contributed by atoms with Crippen molar-refractivity contribution in [3.63, 3.8) is 0 Å². The fourth-order valence-corrected chi connectivity index (χ4v) is 2.69. The highest BCUT2D eigenvalue weighted by Gasteiger charge is 2.06. The van der Waals surface area contributed by atoms with Gasteiger partial charge in [0.25, 0.3) is 0 Å².